The quantitative estimate of drug-likeness (QED) is 0.926. The molecule has 1 aromatic carbocycles. The molecule has 1 aromatic heterocycles. The summed E-state index contributed by atoms with van der Waals surface area (Å²) in [6.45, 7) is 1.48. The van der Waals surface area contributed by atoms with Crippen molar-refractivity contribution in [2.75, 3.05) is 13.1 Å². The van der Waals surface area contributed by atoms with E-state index in [-0.39, 0.29) is 30.4 Å². The van der Waals surface area contributed by atoms with Gasteiger partial charge in [0.1, 0.15) is 12.7 Å². The van der Waals surface area contributed by atoms with E-state index in [1.165, 1.54) is 6.33 Å². The Balaban J connectivity index is 0.00000192. The maximum Gasteiger partial charge on any atom is 0.224 e. The number of carbonyl (C=O) groups excluding carboxylic acids is 1. The first-order valence-electron chi connectivity index (χ1n) is 7.66. The Bertz CT molecular complexity index is 604. The molecule has 6 nitrogen and oxygen atoms in total. The molecule has 0 radical (unpaired) electrons. The van der Waals surface area contributed by atoms with E-state index in [0.29, 0.717) is 13.0 Å². The maximum atomic E-state index is 12.5. The number of nitrogens with zero attached hydrogens (tertiary/aromatic N) is 4. The summed E-state index contributed by atoms with van der Waals surface area (Å²) in [7, 11) is 0. The Labute approximate surface area is 142 Å². The lowest BCUT2D eigenvalue weighted by Gasteiger charge is -2.33. The molecule has 1 aliphatic heterocycles. The molecule has 0 bridgehead atoms. The van der Waals surface area contributed by atoms with Gasteiger partial charge in [0, 0.05) is 25.6 Å². The summed E-state index contributed by atoms with van der Waals surface area (Å²) in [5.41, 5.74) is 7.16. The van der Waals surface area contributed by atoms with E-state index in [0.717, 1.165) is 24.9 Å². The summed E-state index contributed by atoms with van der Waals surface area (Å²) >= 11 is 0. The van der Waals surface area contributed by atoms with Gasteiger partial charge in [-0.3, -0.25) is 4.79 Å². The first-order valence-corrected chi connectivity index (χ1v) is 7.66. The van der Waals surface area contributed by atoms with Crippen molar-refractivity contribution in [3.05, 3.63) is 48.5 Å². The van der Waals surface area contributed by atoms with Gasteiger partial charge < -0.3 is 10.6 Å². The van der Waals surface area contributed by atoms with E-state index in [2.05, 4.69) is 10.1 Å². The normalized spacial score (nSPS) is 19.0. The first-order chi connectivity index (χ1) is 10.7. The molecule has 1 saturated heterocycles. The van der Waals surface area contributed by atoms with Crippen LogP contribution in [0.1, 0.15) is 36.9 Å². The van der Waals surface area contributed by atoms with E-state index in [1.54, 1.807) is 6.33 Å². The summed E-state index contributed by atoms with van der Waals surface area (Å²) < 4.78 is 1.84. The van der Waals surface area contributed by atoms with Gasteiger partial charge in [0.25, 0.3) is 0 Å². The molecule has 2 N–H and O–H groups in total. The van der Waals surface area contributed by atoms with Crippen LogP contribution in [0.2, 0.25) is 0 Å². The smallest absolute Gasteiger partial charge is 0.224 e. The minimum Gasteiger partial charge on any atom is -0.340 e. The van der Waals surface area contributed by atoms with Crippen molar-refractivity contribution in [2.24, 2.45) is 5.73 Å². The third-order valence-corrected chi connectivity index (χ3v) is 4.18. The lowest BCUT2D eigenvalue weighted by molar-refractivity contribution is -0.133. The van der Waals surface area contributed by atoms with Crippen LogP contribution >= 0.6 is 12.4 Å². The van der Waals surface area contributed by atoms with Crippen molar-refractivity contribution < 1.29 is 4.79 Å². The Morgan fingerprint density at radius 2 is 2.13 bits per heavy atom. The monoisotopic (exact) mass is 335 g/mol. The summed E-state index contributed by atoms with van der Waals surface area (Å²) in [5.74, 6) is 0.112. The van der Waals surface area contributed by atoms with Crippen LogP contribution in [-0.2, 0) is 4.79 Å². The lowest BCUT2D eigenvalue weighted by atomic mass is 10.0. The Morgan fingerprint density at radius 3 is 2.83 bits per heavy atom. The average Bonchev–Trinajstić information content (AvgIpc) is 3.10. The number of aromatic nitrogens is 3. The molecule has 2 heterocycles. The molecule has 0 aliphatic carbocycles. The highest BCUT2D eigenvalue weighted by molar-refractivity contribution is 5.85. The number of hydrogen-bond donors (Lipinski definition) is 1. The molecule has 2 aromatic rings. The molecule has 1 aliphatic rings. The van der Waals surface area contributed by atoms with Gasteiger partial charge in [-0.2, -0.15) is 5.10 Å². The second-order valence-electron chi connectivity index (χ2n) is 5.73. The van der Waals surface area contributed by atoms with E-state index in [9.17, 15) is 4.79 Å². The van der Waals surface area contributed by atoms with E-state index >= 15 is 0 Å². The predicted molar refractivity (Wildman–Crippen MR) is 90.1 cm³/mol. The number of piperidine rings is 1. The van der Waals surface area contributed by atoms with Gasteiger partial charge in [-0.25, -0.2) is 9.67 Å². The van der Waals surface area contributed by atoms with E-state index in [1.807, 2.05) is 39.9 Å². The minimum atomic E-state index is -0.250. The van der Waals surface area contributed by atoms with Gasteiger partial charge in [0.2, 0.25) is 5.91 Å². The fourth-order valence-electron chi connectivity index (χ4n) is 2.94. The Kier molecular flexibility index (Phi) is 6.12. The molecule has 2 atom stereocenters. The number of likely N-dealkylation sites (tertiary alicyclic amines) is 1. The zero-order chi connectivity index (χ0) is 15.4. The molecule has 0 spiro atoms. The number of rotatable bonds is 4. The number of hydrogen-bond acceptors (Lipinski definition) is 4. The highest BCUT2D eigenvalue weighted by Gasteiger charge is 2.26. The molecule has 124 valence electrons. The topological polar surface area (TPSA) is 77.0 Å². The van der Waals surface area contributed by atoms with Gasteiger partial charge in [0.15, 0.2) is 0 Å². The molecular formula is C16H22ClN5O. The van der Waals surface area contributed by atoms with Gasteiger partial charge in [-0.15, -0.1) is 12.4 Å². The molecule has 0 saturated carbocycles. The van der Waals surface area contributed by atoms with Gasteiger partial charge in [0.05, 0.1) is 6.04 Å². The molecule has 23 heavy (non-hydrogen) atoms. The molecule has 1 fully saturated rings. The van der Waals surface area contributed by atoms with Crippen LogP contribution < -0.4 is 5.73 Å². The minimum absolute atomic E-state index is 0. The van der Waals surface area contributed by atoms with Crippen LogP contribution in [0.5, 0.6) is 0 Å². The van der Waals surface area contributed by atoms with Crippen molar-refractivity contribution >= 4 is 18.3 Å². The van der Waals surface area contributed by atoms with Crippen molar-refractivity contribution in [3.63, 3.8) is 0 Å². The third-order valence-electron chi connectivity index (χ3n) is 4.18. The number of carbonyl (C=O) groups is 1. The predicted octanol–water partition coefficient (Wildman–Crippen LogP) is 1.95. The van der Waals surface area contributed by atoms with Crippen LogP contribution in [0.15, 0.2) is 43.0 Å². The fraction of sp³-hybridized carbons (Fsp3) is 0.438. The van der Waals surface area contributed by atoms with Crippen molar-refractivity contribution in [1.29, 1.82) is 0 Å². The third kappa shape index (κ3) is 4.30. The van der Waals surface area contributed by atoms with Crippen molar-refractivity contribution in [1.82, 2.24) is 19.7 Å². The standard InChI is InChI=1S/C16H21N5O.ClH/c17-15(13-5-2-1-3-6-13)9-16(22)20-8-4-7-14(10-20)21-12-18-11-19-21;/h1-3,5-6,11-12,14-15H,4,7-10,17H2;1H. The zero-order valence-electron chi connectivity index (χ0n) is 12.9. The van der Waals surface area contributed by atoms with Crippen LogP contribution in [0.25, 0.3) is 0 Å². The Hall–Kier alpha value is -1.92. The fourth-order valence-corrected chi connectivity index (χ4v) is 2.94. The zero-order valence-corrected chi connectivity index (χ0v) is 13.7. The number of halogens is 1. The average molecular weight is 336 g/mol. The number of nitrogens with two attached hydrogens (primary N) is 1. The largest absolute Gasteiger partial charge is 0.340 e. The summed E-state index contributed by atoms with van der Waals surface area (Å²) in [6, 6.07) is 9.74. The first kappa shape index (κ1) is 17.4. The molecule has 3 rings (SSSR count). The molecule has 7 heteroatoms. The highest BCUT2D eigenvalue weighted by Crippen LogP contribution is 2.22. The second-order valence-corrected chi connectivity index (χ2v) is 5.73. The summed E-state index contributed by atoms with van der Waals surface area (Å²) in [6.07, 6.45) is 5.60. The Morgan fingerprint density at radius 1 is 1.35 bits per heavy atom. The van der Waals surface area contributed by atoms with Gasteiger partial charge >= 0.3 is 0 Å². The SMILES string of the molecule is Cl.NC(CC(=O)N1CCCC(n2cncn2)C1)c1ccccc1. The van der Waals surface area contributed by atoms with Gasteiger partial charge in [-0.05, 0) is 18.4 Å². The summed E-state index contributed by atoms with van der Waals surface area (Å²) in [4.78, 5) is 18.4. The van der Waals surface area contributed by atoms with Crippen LogP contribution in [0, 0.1) is 0 Å². The number of amides is 1. The molecular weight excluding hydrogens is 314 g/mol. The molecule has 2 unspecified atom stereocenters. The van der Waals surface area contributed by atoms with E-state index in [4.69, 9.17) is 5.73 Å². The van der Waals surface area contributed by atoms with Gasteiger partial charge in [-0.1, -0.05) is 30.3 Å². The lowest BCUT2D eigenvalue weighted by Crippen LogP contribution is -2.41. The molecule has 1 amide bonds. The number of benzene rings is 1. The van der Waals surface area contributed by atoms with Crippen molar-refractivity contribution in [3.8, 4) is 0 Å². The maximum absolute atomic E-state index is 12.5. The summed E-state index contributed by atoms with van der Waals surface area (Å²) in [5, 5.41) is 4.19. The van der Waals surface area contributed by atoms with Crippen LogP contribution in [0.4, 0.5) is 0 Å². The van der Waals surface area contributed by atoms with Crippen LogP contribution in [-0.4, -0.2) is 38.7 Å². The highest BCUT2D eigenvalue weighted by atomic mass is 35.5. The van der Waals surface area contributed by atoms with Crippen LogP contribution in [0.3, 0.4) is 0 Å². The van der Waals surface area contributed by atoms with Crippen molar-refractivity contribution in [2.45, 2.75) is 31.3 Å². The second kappa shape index (κ2) is 8.08. The van der Waals surface area contributed by atoms with E-state index < -0.39 is 0 Å².